The maximum atomic E-state index is 13.0. The van der Waals surface area contributed by atoms with Gasteiger partial charge in [0.1, 0.15) is 18.5 Å². The predicted molar refractivity (Wildman–Crippen MR) is 152 cm³/mol. The predicted octanol–water partition coefficient (Wildman–Crippen LogP) is 4.73. The molecule has 3 aromatic carbocycles. The highest BCUT2D eigenvalue weighted by molar-refractivity contribution is 6.01. The fraction of sp³-hybridized carbons (Fsp3) is 0.233. The average Bonchev–Trinajstić information content (AvgIpc) is 2.94. The van der Waals surface area contributed by atoms with E-state index in [4.69, 9.17) is 25.1 Å². The molecule has 0 bridgehead atoms. The van der Waals surface area contributed by atoms with Crippen LogP contribution in [0.1, 0.15) is 35.9 Å². The van der Waals surface area contributed by atoms with Crippen molar-refractivity contribution in [1.82, 2.24) is 0 Å². The molecule has 0 unspecified atom stereocenters. The Morgan fingerprint density at radius 3 is 2.42 bits per heavy atom. The van der Waals surface area contributed by atoms with Gasteiger partial charge in [-0.15, -0.1) is 0 Å². The van der Waals surface area contributed by atoms with Gasteiger partial charge in [-0.1, -0.05) is 24.3 Å². The molecule has 10 nitrogen and oxygen atoms in total. The molecule has 0 aromatic heterocycles. The number of hydrogen-bond donors (Lipinski definition) is 4. The SMILES string of the molecule is CCO[C@H](/C=C/C(=O)Nc1ccccc1N)[C@H](OC(=O)Nc1ccc(C(C)=O)cc1)c1cccc(OCCO)c1. The summed E-state index contributed by atoms with van der Waals surface area (Å²) in [7, 11) is 0. The van der Waals surface area contributed by atoms with Crippen LogP contribution in [0, 0.1) is 0 Å². The Labute approximate surface area is 232 Å². The average molecular weight is 548 g/mol. The lowest BCUT2D eigenvalue weighted by molar-refractivity contribution is -0.112. The van der Waals surface area contributed by atoms with Crippen LogP contribution < -0.4 is 21.1 Å². The van der Waals surface area contributed by atoms with Gasteiger partial charge in [0.2, 0.25) is 5.91 Å². The van der Waals surface area contributed by atoms with Gasteiger partial charge in [-0.25, -0.2) is 4.79 Å². The number of carbonyl (C=O) groups is 3. The number of nitrogens with two attached hydrogens (primary N) is 1. The summed E-state index contributed by atoms with van der Waals surface area (Å²) in [4.78, 5) is 37.2. The molecule has 0 heterocycles. The summed E-state index contributed by atoms with van der Waals surface area (Å²) in [6.07, 6.45) is 0.163. The Morgan fingerprint density at radius 2 is 1.75 bits per heavy atom. The molecular formula is C30H33N3O7. The van der Waals surface area contributed by atoms with Gasteiger partial charge in [0, 0.05) is 23.9 Å². The summed E-state index contributed by atoms with van der Waals surface area (Å²) in [5.74, 6) is -0.0869. The van der Waals surface area contributed by atoms with E-state index >= 15 is 0 Å². The van der Waals surface area contributed by atoms with Gasteiger partial charge in [0.05, 0.1) is 18.0 Å². The molecule has 0 aliphatic rings. The molecule has 5 N–H and O–H groups in total. The molecule has 0 spiro atoms. The summed E-state index contributed by atoms with van der Waals surface area (Å²) in [6.45, 7) is 3.41. The van der Waals surface area contributed by atoms with Crippen LogP contribution >= 0.6 is 0 Å². The van der Waals surface area contributed by atoms with Crippen LogP contribution in [0.5, 0.6) is 5.75 Å². The fourth-order valence-corrected chi connectivity index (χ4v) is 3.72. The number of nitrogens with one attached hydrogen (secondary N) is 2. The zero-order valence-electron chi connectivity index (χ0n) is 22.3. The molecule has 40 heavy (non-hydrogen) atoms. The first-order valence-electron chi connectivity index (χ1n) is 12.7. The number of aliphatic hydroxyl groups is 1. The number of para-hydroxylation sites is 2. The standard InChI is InChI=1S/C30H33N3O7/c1-3-38-27(15-16-28(36)33-26-10-5-4-9-25(26)31)29(22-7-6-8-24(19-22)39-18-17-34)40-30(37)32-23-13-11-21(12-14-23)20(2)35/h4-16,19,27,29,34H,3,17-18,31H2,1-2H3,(H,32,37)(H,33,36)/b16-15+/t27-,29-/m1/s1. The first kappa shape index (κ1) is 29.9. The summed E-state index contributed by atoms with van der Waals surface area (Å²) >= 11 is 0. The number of Topliss-reactive ketones (excluding diaryl/α,β-unsaturated/α-hetero) is 1. The van der Waals surface area contributed by atoms with Crippen LogP contribution in [0.3, 0.4) is 0 Å². The third-order valence-electron chi connectivity index (χ3n) is 5.63. The van der Waals surface area contributed by atoms with Crippen molar-refractivity contribution in [3.8, 4) is 5.75 Å². The summed E-state index contributed by atoms with van der Waals surface area (Å²) in [5.41, 5.74) is 8.26. The Bertz CT molecular complexity index is 1320. The maximum absolute atomic E-state index is 13.0. The van der Waals surface area contributed by atoms with E-state index in [1.165, 1.54) is 19.1 Å². The monoisotopic (exact) mass is 547 g/mol. The van der Waals surface area contributed by atoms with Crippen molar-refractivity contribution in [3.05, 3.63) is 96.1 Å². The minimum Gasteiger partial charge on any atom is -0.491 e. The van der Waals surface area contributed by atoms with Crippen LogP contribution in [-0.2, 0) is 14.3 Å². The lowest BCUT2D eigenvalue weighted by Crippen LogP contribution is -2.28. The van der Waals surface area contributed by atoms with Gasteiger partial charge in [-0.2, -0.15) is 0 Å². The Hall–Kier alpha value is -4.67. The van der Waals surface area contributed by atoms with Crippen LogP contribution in [0.4, 0.5) is 21.9 Å². The number of ketones is 1. The fourth-order valence-electron chi connectivity index (χ4n) is 3.72. The molecule has 210 valence electrons. The lowest BCUT2D eigenvalue weighted by atomic mass is 10.0. The Morgan fingerprint density at radius 1 is 1.00 bits per heavy atom. The van der Waals surface area contributed by atoms with Crippen molar-refractivity contribution in [2.75, 3.05) is 36.2 Å². The normalized spacial score (nSPS) is 12.4. The zero-order chi connectivity index (χ0) is 28.9. The topological polar surface area (TPSA) is 149 Å². The van der Waals surface area contributed by atoms with Crippen LogP contribution in [0.25, 0.3) is 0 Å². The van der Waals surface area contributed by atoms with E-state index in [2.05, 4.69) is 10.6 Å². The van der Waals surface area contributed by atoms with Crippen molar-refractivity contribution < 1.29 is 33.7 Å². The molecule has 3 rings (SSSR count). The van der Waals surface area contributed by atoms with Crippen LogP contribution in [-0.4, -0.2) is 48.8 Å². The third-order valence-corrected chi connectivity index (χ3v) is 5.63. The van der Waals surface area contributed by atoms with Crippen molar-refractivity contribution in [3.63, 3.8) is 0 Å². The molecule has 0 radical (unpaired) electrons. The molecule has 3 aromatic rings. The van der Waals surface area contributed by atoms with Gasteiger partial charge in [-0.05, 0) is 74.0 Å². The maximum Gasteiger partial charge on any atom is 0.412 e. The van der Waals surface area contributed by atoms with Gasteiger partial charge in [0.25, 0.3) is 0 Å². The first-order chi connectivity index (χ1) is 19.3. The number of anilines is 3. The van der Waals surface area contributed by atoms with Crippen LogP contribution in [0.15, 0.2) is 84.9 Å². The largest absolute Gasteiger partial charge is 0.491 e. The molecule has 0 saturated carbocycles. The van der Waals surface area contributed by atoms with E-state index in [1.807, 2.05) is 0 Å². The first-order valence-corrected chi connectivity index (χ1v) is 12.7. The second kappa shape index (κ2) is 15.1. The summed E-state index contributed by atoms with van der Waals surface area (Å²) in [5, 5.41) is 14.5. The van der Waals surface area contributed by atoms with Gasteiger partial charge in [-0.3, -0.25) is 14.9 Å². The summed E-state index contributed by atoms with van der Waals surface area (Å²) < 4.78 is 17.2. The van der Waals surface area contributed by atoms with Crippen molar-refractivity contribution in [2.45, 2.75) is 26.1 Å². The molecule has 2 amide bonds. The molecule has 0 aliphatic carbocycles. The Balaban J connectivity index is 1.85. The van der Waals surface area contributed by atoms with E-state index < -0.39 is 24.2 Å². The number of hydrogen-bond acceptors (Lipinski definition) is 8. The highest BCUT2D eigenvalue weighted by Gasteiger charge is 2.27. The van der Waals surface area contributed by atoms with E-state index in [9.17, 15) is 14.4 Å². The van der Waals surface area contributed by atoms with Gasteiger partial charge >= 0.3 is 6.09 Å². The summed E-state index contributed by atoms with van der Waals surface area (Å²) in [6, 6.07) is 20.1. The number of benzene rings is 3. The van der Waals surface area contributed by atoms with Gasteiger partial charge in [0.15, 0.2) is 11.9 Å². The third kappa shape index (κ3) is 8.97. The van der Waals surface area contributed by atoms with E-state index in [0.29, 0.717) is 33.9 Å². The number of ether oxygens (including phenoxy) is 3. The Kier molecular flexibility index (Phi) is 11.2. The van der Waals surface area contributed by atoms with Crippen LogP contribution in [0.2, 0.25) is 0 Å². The van der Waals surface area contributed by atoms with Gasteiger partial charge < -0.3 is 30.4 Å². The second-order valence-electron chi connectivity index (χ2n) is 8.58. The minimum absolute atomic E-state index is 0.0866. The highest BCUT2D eigenvalue weighted by Crippen LogP contribution is 2.29. The zero-order valence-corrected chi connectivity index (χ0v) is 22.3. The minimum atomic E-state index is -0.986. The second-order valence-corrected chi connectivity index (χ2v) is 8.58. The van der Waals surface area contributed by atoms with Crippen molar-refractivity contribution in [2.24, 2.45) is 0 Å². The molecule has 10 heteroatoms. The number of carbonyl (C=O) groups excluding carboxylic acids is 3. The number of nitrogen functional groups attached to an aromatic ring is 1. The number of rotatable bonds is 13. The smallest absolute Gasteiger partial charge is 0.412 e. The highest BCUT2D eigenvalue weighted by atomic mass is 16.6. The number of aliphatic hydroxyl groups excluding tert-OH is 1. The molecular weight excluding hydrogens is 514 g/mol. The van der Waals surface area contributed by atoms with E-state index in [1.54, 1.807) is 79.7 Å². The van der Waals surface area contributed by atoms with Crippen molar-refractivity contribution in [1.29, 1.82) is 0 Å². The molecule has 0 aliphatic heterocycles. The van der Waals surface area contributed by atoms with Crippen molar-refractivity contribution >= 4 is 34.8 Å². The molecule has 0 saturated heterocycles. The lowest BCUT2D eigenvalue weighted by Gasteiger charge is -2.26. The van der Waals surface area contributed by atoms with E-state index in [0.717, 1.165) is 0 Å². The van der Waals surface area contributed by atoms with E-state index in [-0.39, 0.29) is 25.6 Å². The molecule has 0 fully saturated rings. The quantitative estimate of drug-likeness (QED) is 0.136. The molecule has 2 atom stereocenters. The number of amides is 2.